The van der Waals surface area contributed by atoms with Gasteiger partial charge in [-0.05, 0) is 27.4 Å². The summed E-state index contributed by atoms with van der Waals surface area (Å²) in [5.41, 5.74) is 0. The summed E-state index contributed by atoms with van der Waals surface area (Å²) >= 11 is 0. The molecule has 0 aromatic carbocycles. The molecule has 0 amide bonds. The van der Waals surface area contributed by atoms with Crippen LogP contribution in [0, 0.1) is 0 Å². The number of alkyl halides is 1. The fourth-order valence-corrected chi connectivity index (χ4v) is 0.575. The van der Waals surface area contributed by atoms with Gasteiger partial charge in [0.1, 0.15) is 0 Å². The molecule has 0 rings (SSSR count). The number of halogens is 1. The van der Waals surface area contributed by atoms with Crippen molar-refractivity contribution < 1.29 is 9.18 Å². The van der Waals surface area contributed by atoms with Crippen LogP contribution in [0.1, 0.15) is 13.3 Å². The second kappa shape index (κ2) is 4.39. The molecule has 0 N–H and O–H groups in total. The van der Waals surface area contributed by atoms with Gasteiger partial charge >= 0.3 is 0 Å². The zero-order valence-electron chi connectivity index (χ0n) is 6.72. The maximum Gasteiger partial charge on any atom is 0.163 e. The highest BCUT2D eigenvalue weighted by atomic mass is 19.1. The van der Waals surface area contributed by atoms with Crippen molar-refractivity contribution in [2.24, 2.45) is 0 Å². The maximum atomic E-state index is 12.5. The predicted octanol–water partition coefficient (Wildman–Crippen LogP) is 0.865. The molecule has 0 aromatic rings. The first-order valence-electron chi connectivity index (χ1n) is 3.33. The van der Waals surface area contributed by atoms with Crippen LogP contribution in [0.5, 0.6) is 0 Å². The molecule has 0 aliphatic rings. The number of hydrogen-bond acceptors (Lipinski definition) is 2. The molecule has 1 atom stereocenters. The summed E-state index contributed by atoms with van der Waals surface area (Å²) in [7, 11) is 3.71. The Labute approximate surface area is 61.0 Å². The van der Waals surface area contributed by atoms with Crippen molar-refractivity contribution in [1.29, 1.82) is 0 Å². The second-order valence-electron chi connectivity index (χ2n) is 2.67. The van der Waals surface area contributed by atoms with Crippen LogP contribution in [-0.2, 0) is 4.79 Å². The Morgan fingerprint density at radius 2 is 2.10 bits per heavy atom. The molecule has 0 aliphatic carbocycles. The van der Waals surface area contributed by atoms with Gasteiger partial charge < -0.3 is 4.90 Å². The van der Waals surface area contributed by atoms with E-state index in [9.17, 15) is 9.18 Å². The van der Waals surface area contributed by atoms with Crippen LogP contribution in [0.25, 0.3) is 0 Å². The van der Waals surface area contributed by atoms with Gasteiger partial charge in [0.05, 0.1) is 0 Å². The predicted molar refractivity (Wildman–Crippen MR) is 38.7 cm³/mol. The topological polar surface area (TPSA) is 20.3 Å². The van der Waals surface area contributed by atoms with E-state index in [1.807, 2.05) is 19.0 Å². The summed E-state index contributed by atoms with van der Waals surface area (Å²) in [6, 6.07) is 0. The molecule has 0 aliphatic heterocycles. The largest absolute Gasteiger partial charge is 0.309 e. The van der Waals surface area contributed by atoms with Crippen molar-refractivity contribution >= 4 is 5.78 Å². The summed E-state index contributed by atoms with van der Waals surface area (Å²) in [5.74, 6) is -0.373. The lowest BCUT2D eigenvalue weighted by molar-refractivity contribution is -0.121. The minimum Gasteiger partial charge on any atom is -0.309 e. The molecular weight excluding hydrogens is 133 g/mol. The summed E-state index contributed by atoms with van der Waals surface area (Å²) in [6.45, 7) is 1.90. The molecule has 1 unspecified atom stereocenters. The number of Topliss-reactive ketones (excluding diaryl/α,β-unsaturated/α-hetero) is 1. The Hall–Kier alpha value is -0.440. The Morgan fingerprint density at radius 3 is 2.40 bits per heavy atom. The number of rotatable bonds is 4. The lowest BCUT2D eigenvalue weighted by Crippen LogP contribution is -2.21. The summed E-state index contributed by atoms with van der Waals surface area (Å²) in [4.78, 5) is 12.2. The summed E-state index contributed by atoms with van der Waals surface area (Å²) in [5, 5.41) is 0. The summed E-state index contributed by atoms with van der Waals surface area (Å²) in [6.07, 6.45) is -0.968. The highest BCUT2D eigenvalue weighted by Gasteiger charge is 2.11. The summed E-state index contributed by atoms with van der Waals surface area (Å²) < 4.78 is 12.5. The smallest absolute Gasteiger partial charge is 0.163 e. The van der Waals surface area contributed by atoms with Gasteiger partial charge in [0, 0.05) is 6.54 Å². The highest BCUT2D eigenvalue weighted by molar-refractivity contribution is 5.80. The average Bonchev–Trinajstić information content (AvgIpc) is 1.82. The lowest BCUT2D eigenvalue weighted by Gasteiger charge is -2.09. The van der Waals surface area contributed by atoms with Gasteiger partial charge in [-0.3, -0.25) is 4.79 Å². The van der Waals surface area contributed by atoms with Crippen molar-refractivity contribution in [3.8, 4) is 0 Å². The number of hydrogen-bond donors (Lipinski definition) is 0. The Balaban J connectivity index is 3.40. The van der Waals surface area contributed by atoms with Crippen molar-refractivity contribution in [2.45, 2.75) is 19.5 Å². The third kappa shape index (κ3) is 4.44. The van der Waals surface area contributed by atoms with E-state index in [4.69, 9.17) is 0 Å². The molecule has 0 heterocycles. The monoisotopic (exact) mass is 147 g/mol. The van der Waals surface area contributed by atoms with Crippen LogP contribution in [0.3, 0.4) is 0 Å². The van der Waals surface area contributed by atoms with Gasteiger partial charge in [-0.15, -0.1) is 0 Å². The van der Waals surface area contributed by atoms with E-state index in [-0.39, 0.29) is 5.78 Å². The molecule has 0 aromatic heterocycles. The average molecular weight is 147 g/mol. The Bertz CT molecular complexity index is 114. The van der Waals surface area contributed by atoms with Gasteiger partial charge in [0.25, 0.3) is 0 Å². The molecule has 0 saturated carbocycles. The van der Waals surface area contributed by atoms with E-state index in [0.29, 0.717) is 13.0 Å². The lowest BCUT2D eigenvalue weighted by atomic mass is 10.2. The first kappa shape index (κ1) is 9.56. The Morgan fingerprint density at radius 1 is 1.60 bits per heavy atom. The van der Waals surface area contributed by atoms with E-state index in [0.717, 1.165) is 0 Å². The molecule has 0 fully saturated rings. The van der Waals surface area contributed by atoms with E-state index in [1.165, 1.54) is 6.92 Å². The van der Waals surface area contributed by atoms with Crippen LogP contribution < -0.4 is 0 Å². The third-order valence-electron chi connectivity index (χ3n) is 1.27. The molecule has 0 bridgehead atoms. The van der Waals surface area contributed by atoms with Crippen LogP contribution in [-0.4, -0.2) is 37.5 Å². The number of nitrogens with zero attached hydrogens (tertiary/aromatic N) is 1. The van der Waals surface area contributed by atoms with Crippen LogP contribution >= 0.6 is 0 Å². The molecule has 10 heavy (non-hydrogen) atoms. The normalized spacial score (nSPS) is 13.7. The first-order valence-corrected chi connectivity index (χ1v) is 3.33. The standard InChI is InChI=1S/C7H14FNO/c1-6(10)7(8)4-5-9(2)3/h7H,4-5H2,1-3H3. The van der Waals surface area contributed by atoms with Gasteiger partial charge in [0.15, 0.2) is 12.0 Å². The van der Waals surface area contributed by atoms with Gasteiger partial charge in [-0.2, -0.15) is 0 Å². The van der Waals surface area contributed by atoms with E-state index >= 15 is 0 Å². The number of ketones is 1. The van der Waals surface area contributed by atoms with Crippen molar-refractivity contribution in [2.75, 3.05) is 20.6 Å². The third-order valence-corrected chi connectivity index (χ3v) is 1.27. The zero-order valence-corrected chi connectivity index (χ0v) is 6.72. The van der Waals surface area contributed by atoms with Crippen molar-refractivity contribution in [3.63, 3.8) is 0 Å². The number of carbonyl (C=O) groups is 1. The molecule has 2 nitrogen and oxygen atoms in total. The quantitative estimate of drug-likeness (QED) is 0.588. The molecule has 3 heteroatoms. The molecule has 0 spiro atoms. The van der Waals surface area contributed by atoms with Crippen LogP contribution in [0.15, 0.2) is 0 Å². The number of carbonyl (C=O) groups excluding carboxylic acids is 1. The molecule has 0 radical (unpaired) electrons. The van der Waals surface area contributed by atoms with E-state index in [1.54, 1.807) is 0 Å². The Kier molecular flexibility index (Phi) is 4.19. The van der Waals surface area contributed by atoms with Gasteiger partial charge in [-0.25, -0.2) is 4.39 Å². The minimum atomic E-state index is -1.28. The molecular formula is C7H14FNO. The molecule has 0 saturated heterocycles. The zero-order chi connectivity index (χ0) is 8.15. The fourth-order valence-electron chi connectivity index (χ4n) is 0.575. The SMILES string of the molecule is CC(=O)C(F)CCN(C)C. The fraction of sp³-hybridized carbons (Fsp3) is 0.857. The highest BCUT2D eigenvalue weighted by Crippen LogP contribution is 1.99. The van der Waals surface area contributed by atoms with Gasteiger partial charge in [0.2, 0.25) is 0 Å². The van der Waals surface area contributed by atoms with Crippen molar-refractivity contribution in [3.05, 3.63) is 0 Å². The van der Waals surface area contributed by atoms with Crippen LogP contribution in [0.4, 0.5) is 4.39 Å². The minimum absolute atomic E-state index is 0.308. The van der Waals surface area contributed by atoms with Crippen LogP contribution in [0.2, 0.25) is 0 Å². The molecule has 60 valence electrons. The van der Waals surface area contributed by atoms with Gasteiger partial charge in [-0.1, -0.05) is 0 Å². The second-order valence-corrected chi connectivity index (χ2v) is 2.67. The maximum absolute atomic E-state index is 12.5. The van der Waals surface area contributed by atoms with E-state index < -0.39 is 6.17 Å². The first-order chi connectivity index (χ1) is 4.54. The van der Waals surface area contributed by atoms with Crippen molar-refractivity contribution in [1.82, 2.24) is 4.90 Å². The van der Waals surface area contributed by atoms with E-state index in [2.05, 4.69) is 0 Å².